The molecule has 1 aliphatic rings. The lowest BCUT2D eigenvalue weighted by molar-refractivity contribution is 0.116. The van der Waals surface area contributed by atoms with Gasteiger partial charge in [-0.2, -0.15) is 0 Å². The van der Waals surface area contributed by atoms with Gasteiger partial charge in [-0.05, 0) is 37.4 Å². The normalized spacial score (nSPS) is 19.2. The van der Waals surface area contributed by atoms with E-state index in [1.807, 2.05) is 12.1 Å². The maximum absolute atomic E-state index is 6.32. The van der Waals surface area contributed by atoms with E-state index in [0.717, 1.165) is 43.1 Å². The van der Waals surface area contributed by atoms with Crippen molar-refractivity contribution in [1.82, 2.24) is 0 Å². The van der Waals surface area contributed by atoms with Crippen LogP contribution in [0.2, 0.25) is 5.02 Å². The summed E-state index contributed by atoms with van der Waals surface area (Å²) in [6.07, 6.45) is 3.49. The second-order valence-electron chi connectivity index (χ2n) is 4.80. The van der Waals surface area contributed by atoms with Crippen molar-refractivity contribution >= 4 is 17.3 Å². The number of nitrogens with zero attached hydrogens (tertiary/aromatic N) is 1. The zero-order valence-electron chi connectivity index (χ0n) is 10.9. The fourth-order valence-corrected chi connectivity index (χ4v) is 2.87. The molecule has 3 nitrogen and oxygen atoms in total. The molecule has 1 aromatic rings. The molecule has 0 amide bonds. The van der Waals surface area contributed by atoms with Crippen LogP contribution in [-0.4, -0.2) is 32.8 Å². The summed E-state index contributed by atoms with van der Waals surface area (Å²) in [7, 11) is 2.07. The van der Waals surface area contributed by atoms with Crippen LogP contribution in [0.25, 0.3) is 0 Å². The molecule has 1 aliphatic heterocycles. The van der Waals surface area contributed by atoms with E-state index in [1.54, 1.807) is 0 Å². The molecule has 1 saturated heterocycles. The van der Waals surface area contributed by atoms with E-state index in [0.29, 0.717) is 12.6 Å². The second-order valence-corrected chi connectivity index (χ2v) is 5.21. The van der Waals surface area contributed by atoms with Crippen LogP contribution in [-0.2, 0) is 11.2 Å². The zero-order chi connectivity index (χ0) is 13.0. The van der Waals surface area contributed by atoms with E-state index < -0.39 is 0 Å². The minimum atomic E-state index is 0.331. The van der Waals surface area contributed by atoms with Gasteiger partial charge in [-0.25, -0.2) is 0 Å². The first-order valence-electron chi connectivity index (χ1n) is 6.52. The van der Waals surface area contributed by atoms with Gasteiger partial charge in [-0.15, -0.1) is 0 Å². The van der Waals surface area contributed by atoms with Gasteiger partial charge in [0, 0.05) is 20.2 Å². The first-order valence-corrected chi connectivity index (χ1v) is 6.90. The summed E-state index contributed by atoms with van der Waals surface area (Å²) in [4.78, 5) is 2.20. The first-order chi connectivity index (χ1) is 8.72. The third-order valence-corrected chi connectivity index (χ3v) is 3.67. The number of halogens is 1. The molecular weight excluding hydrogens is 248 g/mol. The third-order valence-electron chi connectivity index (χ3n) is 3.37. The highest BCUT2D eigenvalue weighted by Crippen LogP contribution is 2.30. The second kappa shape index (κ2) is 6.41. The van der Waals surface area contributed by atoms with Gasteiger partial charge >= 0.3 is 0 Å². The van der Waals surface area contributed by atoms with Crippen molar-refractivity contribution in [3.8, 4) is 0 Å². The number of benzene rings is 1. The topological polar surface area (TPSA) is 38.5 Å². The molecule has 0 saturated carbocycles. The Morgan fingerprint density at radius 3 is 3.00 bits per heavy atom. The lowest BCUT2D eigenvalue weighted by Crippen LogP contribution is -2.29. The summed E-state index contributed by atoms with van der Waals surface area (Å²) < 4.78 is 5.68. The fraction of sp³-hybridized carbons (Fsp3) is 0.571. The van der Waals surface area contributed by atoms with Crippen LogP contribution in [0.4, 0.5) is 5.69 Å². The molecule has 4 heteroatoms. The zero-order valence-corrected chi connectivity index (χ0v) is 11.6. The van der Waals surface area contributed by atoms with Crippen LogP contribution in [0, 0.1) is 0 Å². The van der Waals surface area contributed by atoms with E-state index in [1.165, 1.54) is 5.56 Å². The van der Waals surface area contributed by atoms with Crippen molar-refractivity contribution in [3.05, 3.63) is 28.8 Å². The molecule has 1 fully saturated rings. The van der Waals surface area contributed by atoms with Crippen LogP contribution < -0.4 is 10.6 Å². The van der Waals surface area contributed by atoms with E-state index in [9.17, 15) is 0 Å². The van der Waals surface area contributed by atoms with Crippen molar-refractivity contribution < 1.29 is 4.74 Å². The molecule has 18 heavy (non-hydrogen) atoms. The quantitative estimate of drug-likeness (QED) is 0.892. The molecule has 0 spiro atoms. The summed E-state index contributed by atoms with van der Waals surface area (Å²) in [6.45, 7) is 2.42. The minimum absolute atomic E-state index is 0.331. The average Bonchev–Trinajstić information content (AvgIpc) is 2.82. The predicted molar refractivity (Wildman–Crippen MR) is 76.5 cm³/mol. The van der Waals surface area contributed by atoms with Gasteiger partial charge < -0.3 is 15.4 Å². The molecule has 1 atom stereocenters. The standard InChI is InChI=1S/C14H21ClN2O/c1-17(10-12-5-3-9-18-12)14-11(7-8-16)4-2-6-13(14)15/h2,4,6,12H,3,5,7-10,16H2,1H3. The minimum Gasteiger partial charge on any atom is -0.376 e. The van der Waals surface area contributed by atoms with E-state index in [4.69, 9.17) is 22.1 Å². The summed E-state index contributed by atoms with van der Waals surface area (Å²) in [5, 5.41) is 0.793. The van der Waals surface area contributed by atoms with Crippen LogP contribution in [0.5, 0.6) is 0 Å². The molecule has 100 valence electrons. The molecule has 1 aromatic carbocycles. The van der Waals surface area contributed by atoms with Gasteiger partial charge in [0.05, 0.1) is 16.8 Å². The van der Waals surface area contributed by atoms with Gasteiger partial charge in [0.15, 0.2) is 0 Å². The molecule has 2 rings (SSSR count). The number of ether oxygens (including phenoxy) is 1. The van der Waals surface area contributed by atoms with Gasteiger partial charge in [0.25, 0.3) is 0 Å². The van der Waals surface area contributed by atoms with E-state index in [-0.39, 0.29) is 0 Å². The Hall–Kier alpha value is -0.770. The van der Waals surface area contributed by atoms with Gasteiger partial charge in [0.1, 0.15) is 0 Å². The van der Waals surface area contributed by atoms with Crippen molar-refractivity contribution in [3.63, 3.8) is 0 Å². The van der Waals surface area contributed by atoms with Crippen LogP contribution in [0.15, 0.2) is 18.2 Å². The Bertz CT molecular complexity index is 391. The molecule has 0 bridgehead atoms. The highest BCUT2D eigenvalue weighted by atomic mass is 35.5. The summed E-state index contributed by atoms with van der Waals surface area (Å²) in [5.74, 6) is 0. The Morgan fingerprint density at radius 1 is 1.50 bits per heavy atom. The van der Waals surface area contributed by atoms with Crippen LogP contribution in [0.3, 0.4) is 0 Å². The summed E-state index contributed by atoms with van der Waals surface area (Å²) >= 11 is 6.32. The Kier molecular flexibility index (Phi) is 4.87. The number of rotatable bonds is 5. The maximum atomic E-state index is 6.32. The molecule has 1 unspecified atom stereocenters. The third kappa shape index (κ3) is 3.16. The Labute approximate surface area is 114 Å². The van der Waals surface area contributed by atoms with Crippen molar-refractivity contribution in [1.29, 1.82) is 0 Å². The number of likely N-dealkylation sites (N-methyl/N-ethyl adjacent to an activating group) is 1. The van der Waals surface area contributed by atoms with Crippen LogP contribution in [0.1, 0.15) is 18.4 Å². The highest BCUT2D eigenvalue weighted by molar-refractivity contribution is 6.33. The van der Waals surface area contributed by atoms with Gasteiger partial charge in [0.2, 0.25) is 0 Å². The van der Waals surface area contributed by atoms with E-state index >= 15 is 0 Å². The molecule has 2 N–H and O–H groups in total. The lowest BCUT2D eigenvalue weighted by Gasteiger charge is -2.26. The number of anilines is 1. The molecule has 0 aromatic heterocycles. The largest absolute Gasteiger partial charge is 0.376 e. The van der Waals surface area contributed by atoms with Crippen molar-refractivity contribution in [2.24, 2.45) is 5.73 Å². The SMILES string of the molecule is CN(CC1CCCO1)c1c(Cl)cccc1CCN. The molecule has 1 heterocycles. The molecular formula is C14H21ClN2O. The molecule has 0 aliphatic carbocycles. The smallest absolute Gasteiger partial charge is 0.0750 e. The van der Waals surface area contributed by atoms with Gasteiger partial charge in [-0.1, -0.05) is 23.7 Å². The fourth-order valence-electron chi connectivity index (χ4n) is 2.53. The van der Waals surface area contributed by atoms with Crippen molar-refractivity contribution in [2.45, 2.75) is 25.4 Å². The Balaban J connectivity index is 2.14. The average molecular weight is 269 g/mol. The lowest BCUT2D eigenvalue weighted by atomic mass is 10.1. The molecule has 0 radical (unpaired) electrons. The summed E-state index contributed by atoms with van der Waals surface area (Å²) in [5.41, 5.74) is 7.97. The summed E-state index contributed by atoms with van der Waals surface area (Å²) in [6, 6.07) is 6.01. The number of hydrogen-bond acceptors (Lipinski definition) is 3. The number of para-hydroxylation sites is 1. The Morgan fingerprint density at radius 2 is 2.33 bits per heavy atom. The maximum Gasteiger partial charge on any atom is 0.0750 e. The number of hydrogen-bond donors (Lipinski definition) is 1. The number of nitrogens with two attached hydrogens (primary N) is 1. The highest BCUT2D eigenvalue weighted by Gasteiger charge is 2.20. The van der Waals surface area contributed by atoms with Gasteiger partial charge in [-0.3, -0.25) is 0 Å². The van der Waals surface area contributed by atoms with Crippen molar-refractivity contribution in [2.75, 3.05) is 31.6 Å². The monoisotopic (exact) mass is 268 g/mol. The van der Waals surface area contributed by atoms with Crippen LogP contribution >= 0.6 is 11.6 Å². The van der Waals surface area contributed by atoms with E-state index in [2.05, 4.69) is 18.0 Å². The first kappa shape index (κ1) is 13.7. The predicted octanol–water partition coefficient (Wildman–Crippen LogP) is 2.46.